The zero-order valence-electron chi connectivity index (χ0n) is 11.5. The summed E-state index contributed by atoms with van der Waals surface area (Å²) < 4.78 is 11.8. The molecule has 1 aliphatic rings. The molecule has 1 aliphatic heterocycles. The van der Waals surface area contributed by atoms with E-state index in [1.54, 1.807) is 0 Å². The van der Waals surface area contributed by atoms with Crippen LogP contribution in [0.1, 0.15) is 47.0 Å². The van der Waals surface area contributed by atoms with Crippen molar-refractivity contribution in [3.8, 4) is 0 Å². The first-order chi connectivity index (χ1) is 8.11. The molecular weight excluding hydrogens is 216 g/mol. The summed E-state index contributed by atoms with van der Waals surface area (Å²) in [5.74, 6) is 1.62. The minimum absolute atomic E-state index is 0.0993. The highest BCUT2D eigenvalue weighted by atomic mass is 16.7. The Kier molecular flexibility index (Phi) is 6.14. The molecule has 0 aromatic heterocycles. The van der Waals surface area contributed by atoms with Crippen molar-refractivity contribution in [2.24, 2.45) is 17.8 Å². The maximum Gasteiger partial charge on any atom is 0.160 e. The van der Waals surface area contributed by atoms with E-state index in [1.165, 1.54) is 0 Å². The van der Waals surface area contributed by atoms with E-state index in [1.807, 2.05) is 0 Å². The molecule has 17 heavy (non-hydrogen) atoms. The molecule has 1 saturated heterocycles. The molecule has 0 amide bonds. The van der Waals surface area contributed by atoms with Gasteiger partial charge in [-0.3, -0.25) is 0 Å². The topological polar surface area (TPSA) is 35.5 Å². The van der Waals surface area contributed by atoms with Crippen LogP contribution >= 0.6 is 0 Å². The van der Waals surface area contributed by atoms with Crippen molar-refractivity contribution < 1.29 is 14.3 Å². The van der Waals surface area contributed by atoms with Gasteiger partial charge in [0, 0.05) is 12.3 Å². The van der Waals surface area contributed by atoms with Crippen molar-refractivity contribution in [3.63, 3.8) is 0 Å². The number of unbranched alkanes of at least 4 members (excludes halogenated alkanes) is 1. The van der Waals surface area contributed by atoms with E-state index in [4.69, 9.17) is 9.47 Å². The predicted octanol–water partition coefficient (Wildman–Crippen LogP) is 3.03. The van der Waals surface area contributed by atoms with Gasteiger partial charge in [-0.15, -0.1) is 0 Å². The Hall–Kier alpha value is -0.410. The summed E-state index contributed by atoms with van der Waals surface area (Å²) >= 11 is 0. The summed E-state index contributed by atoms with van der Waals surface area (Å²) in [6.45, 7) is 9.51. The molecule has 1 heterocycles. The molecular formula is C14H26O3. The predicted molar refractivity (Wildman–Crippen MR) is 67.7 cm³/mol. The van der Waals surface area contributed by atoms with Gasteiger partial charge >= 0.3 is 0 Å². The molecule has 3 nitrogen and oxygen atoms in total. The smallest absolute Gasteiger partial charge is 0.160 e. The van der Waals surface area contributed by atoms with Crippen LogP contribution in [0.3, 0.4) is 0 Å². The third-order valence-electron chi connectivity index (χ3n) is 4.13. The molecule has 0 aromatic carbocycles. The fourth-order valence-electron chi connectivity index (χ4n) is 2.51. The highest BCUT2D eigenvalue weighted by Gasteiger charge is 2.38. The zero-order chi connectivity index (χ0) is 12.8. The monoisotopic (exact) mass is 242 g/mol. The fourth-order valence-corrected chi connectivity index (χ4v) is 2.51. The van der Waals surface area contributed by atoms with Gasteiger partial charge < -0.3 is 14.3 Å². The van der Waals surface area contributed by atoms with Gasteiger partial charge in [0.2, 0.25) is 0 Å². The van der Waals surface area contributed by atoms with Crippen LogP contribution in [0.4, 0.5) is 0 Å². The largest absolute Gasteiger partial charge is 0.352 e. The van der Waals surface area contributed by atoms with Crippen LogP contribution in [0.2, 0.25) is 0 Å². The van der Waals surface area contributed by atoms with Crippen molar-refractivity contribution >= 4 is 6.29 Å². The third-order valence-corrected chi connectivity index (χ3v) is 4.13. The Morgan fingerprint density at radius 1 is 1.18 bits per heavy atom. The SMILES string of the molecule is CCC1O[C@@H](OCCCC=O)C(C)[C@@H](C)C1C. The van der Waals surface area contributed by atoms with E-state index in [0.717, 1.165) is 19.1 Å². The third kappa shape index (κ3) is 3.78. The Morgan fingerprint density at radius 2 is 1.88 bits per heavy atom. The van der Waals surface area contributed by atoms with Gasteiger partial charge in [-0.05, 0) is 24.7 Å². The maximum absolute atomic E-state index is 10.2. The molecule has 5 atom stereocenters. The van der Waals surface area contributed by atoms with Gasteiger partial charge in [-0.2, -0.15) is 0 Å². The summed E-state index contributed by atoms with van der Waals surface area (Å²) in [5, 5.41) is 0. The molecule has 0 N–H and O–H groups in total. The average Bonchev–Trinajstić information content (AvgIpc) is 2.34. The first-order valence-electron chi connectivity index (χ1n) is 6.82. The molecule has 1 fully saturated rings. The standard InChI is InChI=1S/C14H26O3/c1-5-13-11(3)10(2)12(4)14(17-13)16-9-7-6-8-15/h8,10-14H,5-7,9H2,1-4H3/t10-,11?,12?,13?,14+/m0/s1. The number of aldehydes is 1. The van der Waals surface area contributed by atoms with E-state index in [2.05, 4.69) is 27.7 Å². The first-order valence-corrected chi connectivity index (χ1v) is 6.82. The van der Waals surface area contributed by atoms with Gasteiger partial charge in [-0.25, -0.2) is 0 Å². The summed E-state index contributed by atoms with van der Waals surface area (Å²) in [5.41, 5.74) is 0. The van der Waals surface area contributed by atoms with Crippen LogP contribution in [-0.2, 0) is 14.3 Å². The van der Waals surface area contributed by atoms with Crippen LogP contribution in [0.25, 0.3) is 0 Å². The van der Waals surface area contributed by atoms with E-state index < -0.39 is 0 Å². The molecule has 100 valence electrons. The number of hydrogen-bond donors (Lipinski definition) is 0. The van der Waals surface area contributed by atoms with Crippen molar-refractivity contribution in [2.75, 3.05) is 6.61 Å². The second-order valence-corrected chi connectivity index (χ2v) is 5.21. The zero-order valence-corrected chi connectivity index (χ0v) is 11.5. The summed E-state index contributed by atoms with van der Waals surface area (Å²) in [6, 6.07) is 0. The lowest BCUT2D eigenvalue weighted by molar-refractivity contribution is -0.248. The van der Waals surface area contributed by atoms with E-state index in [-0.39, 0.29) is 6.29 Å². The lowest BCUT2D eigenvalue weighted by atomic mass is 9.78. The normalized spacial score (nSPS) is 38.0. The maximum atomic E-state index is 10.2. The van der Waals surface area contributed by atoms with E-state index >= 15 is 0 Å². The molecule has 0 aliphatic carbocycles. The van der Waals surface area contributed by atoms with Crippen molar-refractivity contribution in [1.82, 2.24) is 0 Å². The number of ether oxygens (including phenoxy) is 2. The summed E-state index contributed by atoms with van der Waals surface area (Å²) in [4.78, 5) is 10.2. The molecule has 0 aromatic rings. The molecule has 0 radical (unpaired) electrons. The second kappa shape index (κ2) is 7.12. The van der Waals surface area contributed by atoms with Crippen LogP contribution < -0.4 is 0 Å². The van der Waals surface area contributed by atoms with E-state index in [0.29, 0.717) is 36.9 Å². The van der Waals surface area contributed by atoms with Gasteiger partial charge in [0.25, 0.3) is 0 Å². The van der Waals surface area contributed by atoms with Crippen LogP contribution in [0.15, 0.2) is 0 Å². The minimum Gasteiger partial charge on any atom is -0.352 e. The van der Waals surface area contributed by atoms with Crippen LogP contribution in [0.5, 0.6) is 0 Å². The van der Waals surface area contributed by atoms with Crippen molar-refractivity contribution in [2.45, 2.75) is 59.4 Å². The highest BCUT2D eigenvalue weighted by Crippen LogP contribution is 2.36. The second-order valence-electron chi connectivity index (χ2n) is 5.21. The van der Waals surface area contributed by atoms with Crippen molar-refractivity contribution in [1.29, 1.82) is 0 Å². The minimum atomic E-state index is -0.0993. The first kappa shape index (κ1) is 14.7. The van der Waals surface area contributed by atoms with Gasteiger partial charge in [0.15, 0.2) is 6.29 Å². The lowest BCUT2D eigenvalue weighted by Crippen LogP contribution is -2.45. The molecule has 0 spiro atoms. The molecule has 3 unspecified atom stereocenters. The number of hydrogen-bond acceptors (Lipinski definition) is 3. The number of carbonyl (C=O) groups excluding carboxylic acids is 1. The van der Waals surface area contributed by atoms with Gasteiger partial charge in [0.05, 0.1) is 12.7 Å². The van der Waals surface area contributed by atoms with Gasteiger partial charge in [0.1, 0.15) is 6.29 Å². The molecule has 0 saturated carbocycles. The highest BCUT2D eigenvalue weighted by molar-refractivity contribution is 5.48. The molecule has 0 bridgehead atoms. The quantitative estimate of drug-likeness (QED) is 0.530. The number of carbonyl (C=O) groups is 1. The van der Waals surface area contributed by atoms with E-state index in [9.17, 15) is 4.79 Å². The Labute approximate surface area is 105 Å². The Morgan fingerprint density at radius 3 is 2.47 bits per heavy atom. The Balaban J connectivity index is 2.44. The van der Waals surface area contributed by atoms with Gasteiger partial charge in [-0.1, -0.05) is 27.7 Å². The average molecular weight is 242 g/mol. The number of rotatable bonds is 6. The van der Waals surface area contributed by atoms with Crippen LogP contribution in [0, 0.1) is 17.8 Å². The fraction of sp³-hybridized carbons (Fsp3) is 0.929. The Bertz CT molecular complexity index is 228. The lowest BCUT2D eigenvalue weighted by Gasteiger charge is -2.43. The molecule has 1 rings (SSSR count). The molecule has 3 heteroatoms. The van der Waals surface area contributed by atoms with Crippen molar-refractivity contribution in [3.05, 3.63) is 0 Å². The van der Waals surface area contributed by atoms with Crippen LogP contribution in [-0.4, -0.2) is 25.3 Å². The summed E-state index contributed by atoms with van der Waals surface area (Å²) in [7, 11) is 0. The summed E-state index contributed by atoms with van der Waals surface area (Å²) in [6.07, 6.45) is 3.54.